The maximum Gasteiger partial charge on any atom is 0.422 e. The molecule has 0 aliphatic heterocycles. The third-order valence-corrected chi connectivity index (χ3v) is 3.63. The molecular formula is C13H16F3NO. The summed E-state index contributed by atoms with van der Waals surface area (Å²) < 4.78 is 39.2. The summed E-state index contributed by atoms with van der Waals surface area (Å²) >= 11 is 0. The van der Waals surface area contributed by atoms with E-state index in [4.69, 9.17) is 5.73 Å². The fourth-order valence-electron chi connectivity index (χ4n) is 2.49. The molecule has 0 amide bonds. The van der Waals surface area contributed by atoms with E-state index in [1.165, 1.54) is 19.1 Å². The van der Waals surface area contributed by atoms with Crippen LogP contribution in [0.4, 0.5) is 13.2 Å². The van der Waals surface area contributed by atoms with E-state index in [0.717, 1.165) is 30.4 Å². The number of hydrogen-bond donors (Lipinski definition) is 2. The summed E-state index contributed by atoms with van der Waals surface area (Å²) in [6, 6.07) is 3.02. The summed E-state index contributed by atoms with van der Waals surface area (Å²) in [5.41, 5.74) is 4.17. The largest absolute Gasteiger partial charge is 0.422 e. The predicted octanol–water partition coefficient (Wildman–Crippen LogP) is 2.27. The fourth-order valence-corrected chi connectivity index (χ4v) is 2.49. The van der Waals surface area contributed by atoms with E-state index in [2.05, 4.69) is 0 Å². The van der Waals surface area contributed by atoms with Crippen LogP contribution in [-0.2, 0) is 18.4 Å². The Hall–Kier alpha value is -1.07. The number of halogens is 3. The van der Waals surface area contributed by atoms with E-state index >= 15 is 0 Å². The van der Waals surface area contributed by atoms with E-state index in [1.54, 1.807) is 6.07 Å². The van der Waals surface area contributed by atoms with E-state index in [0.29, 0.717) is 0 Å². The third kappa shape index (κ3) is 1.91. The number of nitrogens with two attached hydrogens (primary N) is 1. The third-order valence-electron chi connectivity index (χ3n) is 3.63. The van der Waals surface area contributed by atoms with Crippen LogP contribution in [0.2, 0.25) is 0 Å². The van der Waals surface area contributed by atoms with Gasteiger partial charge < -0.3 is 10.8 Å². The van der Waals surface area contributed by atoms with Crippen molar-refractivity contribution in [1.29, 1.82) is 0 Å². The van der Waals surface area contributed by atoms with Crippen LogP contribution in [0.1, 0.15) is 30.0 Å². The Bertz CT molecular complexity index is 456. The standard InChI is InChI=1S/C13H16F3NO/c1-8(17)12(18,13(14,15)16)11-6-5-9-3-2-4-10(9)7-11/h5-8,18H,2-4,17H2,1H3. The first-order valence-corrected chi connectivity index (χ1v) is 5.94. The van der Waals surface area contributed by atoms with Crippen LogP contribution in [0, 0.1) is 0 Å². The molecule has 0 aromatic heterocycles. The Kier molecular flexibility index (Phi) is 3.15. The van der Waals surface area contributed by atoms with Crippen LogP contribution in [0.15, 0.2) is 18.2 Å². The molecule has 0 bridgehead atoms. The maximum atomic E-state index is 13.1. The van der Waals surface area contributed by atoms with E-state index in [1.807, 2.05) is 0 Å². The van der Waals surface area contributed by atoms with Gasteiger partial charge in [0.15, 0.2) is 0 Å². The molecule has 0 fully saturated rings. The van der Waals surface area contributed by atoms with E-state index < -0.39 is 17.8 Å². The average molecular weight is 259 g/mol. The Balaban J connectivity index is 2.50. The molecule has 2 nitrogen and oxygen atoms in total. The summed E-state index contributed by atoms with van der Waals surface area (Å²) in [6.07, 6.45) is -2.19. The van der Waals surface area contributed by atoms with Crippen molar-refractivity contribution in [3.05, 3.63) is 34.9 Å². The molecule has 100 valence electrons. The average Bonchev–Trinajstić information content (AvgIpc) is 2.72. The van der Waals surface area contributed by atoms with Gasteiger partial charge in [-0.3, -0.25) is 0 Å². The molecule has 0 heterocycles. The van der Waals surface area contributed by atoms with Crippen molar-refractivity contribution in [1.82, 2.24) is 0 Å². The van der Waals surface area contributed by atoms with Crippen molar-refractivity contribution in [3.8, 4) is 0 Å². The predicted molar refractivity (Wildman–Crippen MR) is 62.1 cm³/mol. The van der Waals surface area contributed by atoms with Crippen LogP contribution in [0.5, 0.6) is 0 Å². The lowest BCUT2D eigenvalue weighted by molar-refractivity contribution is -0.272. The van der Waals surface area contributed by atoms with Gasteiger partial charge in [-0.1, -0.05) is 18.2 Å². The van der Waals surface area contributed by atoms with Gasteiger partial charge in [0, 0.05) is 6.04 Å². The van der Waals surface area contributed by atoms with Crippen molar-refractivity contribution >= 4 is 0 Å². The van der Waals surface area contributed by atoms with Gasteiger partial charge in [-0.15, -0.1) is 0 Å². The minimum atomic E-state index is -4.78. The molecule has 2 atom stereocenters. The van der Waals surface area contributed by atoms with Crippen LogP contribution < -0.4 is 5.73 Å². The van der Waals surface area contributed by atoms with Crippen molar-refractivity contribution in [3.63, 3.8) is 0 Å². The first-order valence-electron chi connectivity index (χ1n) is 5.94. The Labute approximate surface area is 104 Å². The molecule has 3 N–H and O–H groups in total. The molecule has 0 saturated carbocycles. The first-order chi connectivity index (χ1) is 8.26. The summed E-state index contributed by atoms with van der Waals surface area (Å²) in [5, 5.41) is 9.98. The Morgan fingerprint density at radius 1 is 1.22 bits per heavy atom. The number of aliphatic hydroxyl groups is 1. The van der Waals surface area contributed by atoms with Gasteiger partial charge >= 0.3 is 6.18 Å². The molecule has 5 heteroatoms. The van der Waals surface area contributed by atoms with Crippen LogP contribution in [0.25, 0.3) is 0 Å². The molecule has 2 rings (SSSR count). The number of alkyl halides is 3. The first kappa shape index (κ1) is 13.4. The second kappa shape index (κ2) is 4.24. The number of fused-ring (bicyclic) bond motifs is 1. The molecule has 18 heavy (non-hydrogen) atoms. The van der Waals surface area contributed by atoms with Gasteiger partial charge in [-0.25, -0.2) is 0 Å². The molecule has 0 saturated heterocycles. The van der Waals surface area contributed by atoms with Crippen molar-refractivity contribution in [2.24, 2.45) is 5.73 Å². The topological polar surface area (TPSA) is 46.2 Å². The highest BCUT2D eigenvalue weighted by atomic mass is 19.4. The second-order valence-electron chi connectivity index (χ2n) is 4.89. The monoisotopic (exact) mass is 259 g/mol. The van der Waals surface area contributed by atoms with Crippen molar-refractivity contribution in [2.75, 3.05) is 0 Å². The molecule has 1 aliphatic carbocycles. The highest BCUT2D eigenvalue weighted by Crippen LogP contribution is 2.42. The molecule has 0 radical (unpaired) electrons. The van der Waals surface area contributed by atoms with Crippen LogP contribution >= 0.6 is 0 Å². The number of benzene rings is 1. The van der Waals surface area contributed by atoms with Gasteiger partial charge in [0.1, 0.15) is 0 Å². The Morgan fingerprint density at radius 2 is 1.83 bits per heavy atom. The second-order valence-corrected chi connectivity index (χ2v) is 4.89. The van der Waals surface area contributed by atoms with Gasteiger partial charge in [-0.05, 0) is 42.9 Å². The minimum absolute atomic E-state index is 0.161. The molecule has 1 aromatic carbocycles. The molecular weight excluding hydrogens is 243 g/mol. The summed E-state index contributed by atoms with van der Waals surface area (Å²) in [5.74, 6) is 0. The minimum Gasteiger partial charge on any atom is -0.375 e. The zero-order valence-electron chi connectivity index (χ0n) is 10.1. The molecule has 0 spiro atoms. The summed E-state index contributed by atoms with van der Waals surface area (Å²) in [7, 11) is 0. The lowest BCUT2D eigenvalue weighted by atomic mass is 9.85. The number of aryl methyl sites for hydroxylation is 2. The highest BCUT2D eigenvalue weighted by Gasteiger charge is 2.57. The quantitative estimate of drug-likeness (QED) is 0.856. The summed E-state index contributed by atoms with van der Waals surface area (Å²) in [6.45, 7) is 1.17. The molecule has 1 aromatic rings. The molecule has 1 aliphatic rings. The zero-order valence-corrected chi connectivity index (χ0v) is 10.1. The van der Waals surface area contributed by atoms with Gasteiger partial charge in [0.2, 0.25) is 5.60 Å². The van der Waals surface area contributed by atoms with Gasteiger partial charge in [-0.2, -0.15) is 13.2 Å². The van der Waals surface area contributed by atoms with E-state index in [-0.39, 0.29) is 5.56 Å². The maximum absolute atomic E-state index is 13.1. The lowest BCUT2D eigenvalue weighted by Crippen LogP contribution is -2.54. The van der Waals surface area contributed by atoms with Crippen molar-refractivity contribution in [2.45, 2.75) is 44.0 Å². The SMILES string of the molecule is CC(N)C(O)(c1ccc2c(c1)CCC2)C(F)(F)F. The van der Waals surface area contributed by atoms with Crippen molar-refractivity contribution < 1.29 is 18.3 Å². The van der Waals surface area contributed by atoms with Crippen LogP contribution in [0.3, 0.4) is 0 Å². The summed E-state index contributed by atoms with van der Waals surface area (Å²) in [4.78, 5) is 0. The number of hydrogen-bond acceptors (Lipinski definition) is 2. The zero-order chi connectivity index (χ0) is 13.6. The smallest absolute Gasteiger partial charge is 0.375 e. The highest BCUT2D eigenvalue weighted by molar-refractivity contribution is 5.39. The fraction of sp³-hybridized carbons (Fsp3) is 0.538. The normalized spacial score (nSPS) is 20.3. The van der Waals surface area contributed by atoms with Gasteiger partial charge in [0.05, 0.1) is 0 Å². The number of rotatable bonds is 2. The van der Waals surface area contributed by atoms with Gasteiger partial charge in [0.25, 0.3) is 0 Å². The Morgan fingerprint density at radius 3 is 2.39 bits per heavy atom. The van der Waals surface area contributed by atoms with E-state index in [9.17, 15) is 18.3 Å². The molecule has 2 unspecified atom stereocenters. The lowest BCUT2D eigenvalue weighted by Gasteiger charge is -2.34. The van der Waals surface area contributed by atoms with Crippen LogP contribution in [-0.4, -0.2) is 17.3 Å².